The van der Waals surface area contributed by atoms with Gasteiger partial charge >= 0.3 is 0 Å². The van der Waals surface area contributed by atoms with Gasteiger partial charge < -0.3 is 0 Å². The van der Waals surface area contributed by atoms with Crippen LogP contribution in [0.1, 0.15) is 10.4 Å². The minimum atomic E-state index is -0.0628. The summed E-state index contributed by atoms with van der Waals surface area (Å²) < 4.78 is 3.83. The number of benzene rings is 1. The summed E-state index contributed by atoms with van der Waals surface area (Å²) in [7, 11) is 0. The molecule has 0 heterocycles. The summed E-state index contributed by atoms with van der Waals surface area (Å²) in [6.07, 6.45) is 3.94. The maximum atomic E-state index is 11.4. The second-order valence-corrected chi connectivity index (χ2v) is 5.51. The molecule has 2 nitrogen and oxygen atoms in total. The molecule has 1 N–H and O–H groups in total. The minimum Gasteiger partial charge on any atom is -0.265 e. The van der Waals surface area contributed by atoms with Crippen LogP contribution in [0.5, 0.6) is 0 Å². The van der Waals surface area contributed by atoms with E-state index in [1.54, 1.807) is 12.1 Å². The molecule has 0 aliphatic carbocycles. The van der Waals surface area contributed by atoms with E-state index in [4.69, 9.17) is 0 Å². The highest BCUT2D eigenvalue weighted by Crippen LogP contribution is 2.10. The first-order chi connectivity index (χ1) is 6.09. The Morgan fingerprint density at radius 1 is 1.31 bits per heavy atom. The summed E-state index contributed by atoms with van der Waals surface area (Å²) >= 11 is 3.25. The Balaban J connectivity index is 2.72. The maximum Gasteiger partial charge on any atom is 0.292 e. The zero-order valence-corrected chi connectivity index (χ0v) is 9.91. The Morgan fingerprint density at radius 2 is 1.85 bits per heavy atom. The van der Waals surface area contributed by atoms with Crippen LogP contribution in [0.4, 0.5) is 0 Å². The molecule has 0 radical (unpaired) electrons. The van der Waals surface area contributed by atoms with Gasteiger partial charge in [0.25, 0.3) is 5.91 Å². The van der Waals surface area contributed by atoms with Crippen molar-refractivity contribution in [3.8, 4) is 0 Å². The Morgan fingerprint density at radius 3 is 2.31 bits per heavy atom. The van der Waals surface area contributed by atoms with Gasteiger partial charge in [-0.3, -0.25) is 4.79 Å². The smallest absolute Gasteiger partial charge is 0.265 e. The lowest BCUT2D eigenvalue weighted by molar-refractivity contribution is 0.0983. The van der Waals surface area contributed by atoms with E-state index in [0.29, 0.717) is 5.56 Å². The SMILES string of the molecule is C[S+](C)NC(=O)c1ccc(Br)cc1. The van der Waals surface area contributed by atoms with Crippen LogP contribution >= 0.6 is 15.9 Å². The molecule has 0 atom stereocenters. The molecular formula is C9H11BrNOS+. The zero-order valence-electron chi connectivity index (χ0n) is 7.50. The van der Waals surface area contributed by atoms with Gasteiger partial charge in [-0.15, -0.1) is 0 Å². The van der Waals surface area contributed by atoms with Crippen molar-refractivity contribution in [3.63, 3.8) is 0 Å². The lowest BCUT2D eigenvalue weighted by Gasteiger charge is -2.00. The number of hydrogen-bond donors (Lipinski definition) is 1. The Kier molecular flexibility index (Phi) is 3.81. The fourth-order valence-corrected chi connectivity index (χ4v) is 1.60. The lowest BCUT2D eigenvalue weighted by atomic mass is 10.2. The third kappa shape index (κ3) is 3.40. The molecule has 1 aromatic rings. The minimum absolute atomic E-state index is 0.0131. The van der Waals surface area contributed by atoms with Gasteiger partial charge in [-0.1, -0.05) is 15.9 Å². The van der Waals surface area contributed by atoms with E-state index < -0.39 is 0 Å². The highest BCUT2D eigenvalue weighted by atomic mass is 79.9. The van der Waals surface area contributed by atoms with Crippen LogP contribution in [0, 0.1) is 0 Å². The molecule has 0 aliphatic rings. The summed E-state index contributed by atoms with van der Waals surface area (Å²) in [5.74, 6) is -0.0131. The summed E-state index contributed by atoms with van der Waals surface area (Å²) in [5.41, 5.74) is 0.699. The van der Waals surface area contributed by atoms with Crippen LogP contribution in [-0.4, -0.2) is 18.4 Å². The van der Waals surface area contributed by atoms with Crippen molar-refractivity contribution in [2.45, 2.75) is 0 Å². The van der Waals surface area contributed by atoms with E-state index in [-0.39, 0.29) is 17.0 Å². The molecule has 0 spiro atoms. The number of rotatable bonds is 2. The number of nitrogens with one attached hydrogen (secondary N) is 1. The van der Waals surface area contributed by atoms with E-state index in [2.05, 4.69) is 20.7 Å². The third-order valence-corrected chi connectivity index (χ3v) is 2.53. The van der Waals surface area contributed by atoms with Crippen molar-refractivity contribution in [1.29, 1.82) is 0 Å². The zero-order chi connectivity index (χ0) is 9.84. The molecule has 1 amide bonds. The van der Waals surface area contributed by atoms with Crippen LogP contribution in [0.25, 0.3) is 0 Å². The van der Waals surface area contributed by atoms with Crippen molar-refractivity contribution in [1.82, 2.24) is 4.72 Å². The van der Waals surface area contributed by atoms with Crippen molar-refractivity contribution >= 4 is 32.9 Å². The van der Waals surface area contributed by atoms with Gasteiger partial charge in [-0.05, 0) is 24.3 Å². The summed E-state index contributed by atoms with van der Waals surface area (Å²) in [6, 6.07) is 7.31. The van der Waals surface area contributed by atoms with Gasteiger partial charge in [-0.2, -0.15) is 4.72 Å². The summed E-state index contributed by atoms with van der Waals surface area (Å²) in [6.45, 7) is 0. The van der Waals surface area contributed by atoms with E-state index >= 15 is 0 Å². The third-order valence-electron chi connectivity index (χ3n) is 1.40. The average Bonchev–Trinajstić information content (AvgIpc) is 2.04. The van der Waals surface area contributed by atoms with Gasteiger partial charge in [0.05, 0.1) is 11.1 Å². The molecule has 0 aliphatic heterocycles. The summed E-state index contributed by atoms with van der Waals surface area (Å²) in [4.78, 5) is 11.4. The first kappa shape index (κ1) is 10.6. The van der Waals surface area contributed by atoms with E-state index in [1.807, 2.05) is 24.6 Å². The Labute approximate surface area is 89.3 Å². The van der Waals surface area contributed by atoms with Crippen LogP contribution in [0.3, 0.4) is 0 Å². The van der Waals surface area contributed by atoms with Gasteiger partial charge in [0.2, 0.25) is 0 Å². The Bertz CT molecular complexity index is 297. The van der Waals surface area contributed by atoms with Gasteiger partial charge in [-0.25, -0.2) is 0 Å². The quantitative estimate of drug-likeness (QED) is 0.810. The highest BCUT2D eigenvalue weighted by molar-refractivity contribution is 9.10. The molecule has 0 fully saturated rings. The lowest BCUT2D eigenvalue weighted by Crippen LogP contribution is -2.28. The van der Waals surface area contributed by atoms with Crippen LogP contribution in [0.2, 0.25) is 0 Å². The second kappa shape index (κ2) is 4.67. The van der Waals surface area contributed by atoms with Gasteiger partial charge in [0, 0.05) is 10.0 Å². The number of carbonyl (C=O) groups is 1. The predicted molar refractivity (Wildman–Crippen MR) is 60.8 cm³/mol. The van der Waals surface area contributed by atoms with Crippen LogP contribution < -0.4 is 4.72 Å². The van der Waals surface area contributed by atoms with Crippen LogP contribution in [-0.2, 0) is 11.1 Å². The van der Waals surface area contributed by atoms with Gasteiger partial charge in [0.15, 0.2) is 0 Å². The van der Waals surface area contributed by atoms with Crippen molar-refractivity contribution in [3.05, 3.63) is 34.3 Å². The molecule has 4 heteroatoms. The molecule has 0 aromatic heterocycles. The molecular weight excluding hydrogens is 250 g/mol. The van der Waals surface area contributed by atoms with Crippen molar-refractivity contribution in [2.24, 2.45) is 0 Å². The predicted octanol–water partition coefficient (Wildman–Crippen LogP) is 1.97. The molecule has 0 bridgehead atoms. The van der Waals surface area contributed by atoms with Gasteiger partial charge in [0.1, 0.15) is 12.5 Å². The molecule has 0 saturated carbocycles. The Hall–Kier alpha value is -0.480. The summed E-state index contributed by atoms with van der Waals surface area (Å²) in [5, 5.41) is 0. The second-order valence-electron chi connectivity index (χ2n) is 2.75. The molecule has 0 unspecified atom stereocenters. The highest BCUT2D eigenvalue weighted by Gasteiger charge is 2.11. The maximum absolute atomic E-state index is 11.4. The standard InChI is InChI=1S/C9H10BrNOS/c1-13(2)11-9(12)7-3-5-8(10)6-4-7/h3-6H,1-2H3/p+1. The molecule has 0 saturated heterocycles. The molecule has 13 heavy (non-hydrogen) atoms. The molecule has 1 aromatic carbocycles. The monoisotopic (exact) mass is 260 g/mol. The first-order valence-corrected chi connectivity index (χ1v) is 6.57. The normalized spacial score (nSPS) is 10.2. The van der Waals surface area contributed by atoms with Crippen molar-refractivity contribution in [2.75, 3.05) is 12.5 Å². The fourth-order valence-electron chi connectivity index (χ4n) is 0.846. The fraction of sp³-hybridized carbons (Fsp3) is 0.222. The number of carbonyl (C=O) groups excluding carboxylic acids is 1. The number of amides is 1. The van der Waals surface area contributed by atoms with E-state index in [1.165, 1.54) is 0 Å². The van der Waals surface area contributed by atoms with E-state index in [9.17, 15) is 4.79 Å². The average molecular weight is 261 g/mol. The number of halogens is 1. The largest absolute Gasteiger partial charge is 0.292 e. The topological polar surface area (TPSA) is 29.1 Å². The molecule has 70 valence electrons. The van der Waals surface area contributed by atoms with Crippen LogP contribution in [0.15, 0.2) is 28.7 Å². The number of hydrogen-bond acceptors (Lipinski definition) is 1. The van der Waals surface area contributed by atoms with Crippen molar-refractivity contribution < 1.29 is 4.79 Å². The first-order valence-electron chi connectivity index (χ1n) is 3.74. The molecule has 1 rings (SSSR count). The van der Waals surface area contributed by atoms with E-state index in [0.717, 1.165) is 4.47 Å².